The summed E-state index contributed by atoms with van der Waals surface area (Å²) in [5.41, 5.74) is 2.10. The normalized spacial score (nSPS) is 15.5. The maximum Gasteiger partial charge on any atom is 0.216 e. The Hall–Kier alpha value is -2.44. The number of ether oxygens (including phenoxy) is 1. The van der Waals surface area contributed by atoms with Gasteiger partial charge in [0.25, 0.3) is 0 Å². The van der Waals surface area contributed by atoms with Crippen molar-refractivity contribution in [1.82, 2.24) is 20.4 Å². The molecule has 0 aromatic carbocycles. The van der Waals surface area contributed by atoms with Gasteiger partial charge in [0.15, 0.2) is 5.96 Å². The van der Waals surface area contributed by atoms with E-state index in [-0.39, 0.29) is 0 Å². The van der Waals surface area contributed by atoms with Crippen molar-refractivity contribution in [1.29, 1.82) is 0 Å². The molecule has 0 unspecified atom stereocenters. The Kier molecular flexibility index (Phi) is 8.02. The lowest BCUT2D eigenvalue weighted by atomic mass is 9.89. The zero-order chi connectivity index (χ0) is 20.5. The molecule has 2 aromatic rings. The zero-order valence-corrected chi connectivity index (χ0v) is 18.0. The first kappa shape index (κ1) is 21.3. The Morgan fingerprint density at radius 1 is 1.31 bits per heavy atom. The number of guanidine groups is 1. The van der Waals surface area contributed by atoms with Crippen molar-refractivity contribution < 1.29 is 9.15 Å². The van der Waals surface area contributed by atoms with Gasteiger partial charge < -0.3 is 19.8 Å². The van der Waals surface area contributed by atoms with Crippen molar-refractivity contribution >= 4 is 5.96 Å². The van der Waals surface area contributed by atoms with Crippen molar-refractivity contribution in [3.8, 4) is 5.88 Å². The fourth-order valence-corrected chi connectivity index (χ4v) is 4.03. The van der Waals surface area contributed by atoms with Gasteiger partial charge in [0.2, 0.25) is 5.88 Å². The van der Waals surface area contributed by atoms with E-state index in [1.165, 1.54) is 32.1 Å². The average molecular weight is 402 g/mol. The van der Waals surface area contributed by atoms with E-state index in [2.05, 4.69) is 22.7 Å². The number of aliphatic imine (C=N–C) groups is 1. The van der Waals surface area contributed by atoms with Gasteiger partial charge in [-0.2, -0.15) is 5.10 Å². The van der Waals surface area contributed by atoms with Gasteiger partial charge in [0, 0.05) is 26.6 Å². The van der Waals surface area contributed by atoms with Crippen LogP contribution in [0, 0.1) is 5.92 Å². The monoisotopic (exact) mass is 401 g/mol. The predicted octanol–water partition coefficient (Wildman–Crippen LogP) is 3.44. The molecule has 7 heteroatoms. The quantitative estimate of drug-likeness (QED) is 0.497. The summed E-state index contributed by atoms with van der Waals surface area (Å²) in [5, 5.41) is 11.6. The molecule has 1 saturated carbocycles. The first-order valence-electron chi connectivity index (χ1n) is 10.8. The van der Waals surface area contributed by atoms with E-state index in [4.69, 9.17) is 14.1 Å². The van der Waals surface area contributed by atoms with Crippen LogP contribution in [-0.4, -0.2) is 35.9 Å². The molecule has 0 spiro atoms. The molecule has 1 fully saturated rings. The SMILES string of the molecule is CCc1nn(C)c(OC)c1CN=C(NCCc1ccco1)NCC1CCCCC1. The Morgan fingerprint density at radius 2 is 2.14 bits per heavy atom. The van der Waals surface area contributed by atoms with Gasteiger partial charge in [-0.05, 0) is 37.3 Å². The average Bonchev–Trinajstić information content (AvgIpc) is 3.37. The molecule has 0 aliphatic heterocycles. The van der Waals surface area contributed by atoms with Gasteiger partial charge in [-0.3, -0.25) is 0 Å². The van der Waals surface area contributed by atoms with E-state index in [9.17, 15) is 0 Å². The highest BCUT2D eigenvalue weighted by Crippen LogP contribution is 2.24. The van der Waals surface area contributed by atoms with Crippen LogP contribution in [0.2, 0.25) is 0 Å². The van der Waals surface area contributed by atoms with Crippen LogP contribution < -0.4 is 15.4 Å². The molecule has 160 valence electrons. The molecule has 2 N–H and O–H groups in total. The van der Waals surface area contributed by atoms with E-state index in [0.717, 1.165) is 60.7 Å². The van der Waals surface area contributed by atoms with Crippen LogP contribution in [0.1, 0.15) is 56.0 Å². The Morgan fingerprint density at radius 3 is 2.83 bits per heavy atom. The third-order valence-corrected chi connectivity index (χ3v) is 5.62. The van der Waals surface area contributed by atoms with Gasteiger partial charge in [-0.1, -0.05) is 26.2 Å². The summed E-state index contributed by atoms with van der Waals surface area (Å²) in [6, 6.07) is 3.93. The summed E-state index contributed by atoms with van der Waals surface area (Å²) in [5.74, 6) is 3.34. The van der Waals surface area contributed by atoms with Gasteiger partial charge in [0.1, 0.15) is 5.76 Å². The lowest BCUT2D eigenvalue weighted by molar-refractivity contribution is 0.355. The molecular formula is C22H35N5O2. The molecular weight excluding hydrogens is 366 g/mol. The van der Waals surface area contributed by atoms with Crippen LogP contribution >= 0.6 is 0 Å². The molecule has 0 radical (unpaired) electrons. The lowest BCUT2D eigenvalue weighted by Gasteiger charge is -2.23. The third kappa shape index (κ3) is 6.02. The van der Waals surface area contributed by atoms with E-state index in [1.54, 1.807) is 18.1 Å². The second-order valence-corrected chi connectivity index (χ2v) is 7.72. The Bertz CT molecular complexity index is 761. The number of furan rings is 1. The summed E-state index contributed by atoms with van der Waals surface area (Å²) in [4.78, 5) is 4.86. The smallest absolute Gasteiger partial charge is 0.216 e. The van der Waals surface area contributed by atoms with E-state index in [0.29, 0.717) is 6.54 Å². The summed E-state index contributed by atoms with van der Waals surface area (Å²) < 4.78 is 12.8. The summed E-state index contributed by atoms with van der Waals surface area (Å²) in [6.07, 6.45) is 10.1. The van der Waals surface area contributed by atoms with Gasteiger partial charge in [-0.15, -0.1) is 0 Å². The van der Waals surface area contributed by atoms with E-state index in [1.807, 2.05) is 19.2 Å². The van der Waals surface area contributed by atoms with Crippen LogP contribution in [0.25, 0.3) is 0 Å². The Labute approximate surface area is 173 Å². The number of nitrogens with one attached hydrogen (secondary N) is 2. The summed E-state index contributed by atoms with van der Waals surface area (Å²) in [7, 11) is 3.60. The molecule has 0 atom stereocenters. The molecule has 3 rings (SSSR count). The molecule has 1 aliphatic carbocycles. The van der Waals surface area contributed by atoms with E-state index >= 15 is 0 Å². The van der Waals surface area contributed by atoms with Gasteiger partial charge in [0.05, 0.1) is 31.2 Å². The minimum absolute atomic E-state index is 0.543. The molecule has 7 nitrogen and oxygen atoms in total. The zero-order valence-electron chi connectivity index (χ0n) is 18.0. The predicted molar refractivity (Wildman–Crippen MR) is 115 cm³/mol. The van der Waals surface area contributed by atoms with Gasteiger partial charge in [-0.25, -0.2) is 9.67 Å². The third-order valence-electron chi connectivity index (χ3n) is 5.62. The van der Waals surface area contributed by atoms with Crippen LogP contribution in [0.15, 0.2) is 27.8 Å². The van der Waals surface area contributed by atoms with Crippen LogP contribution in [0.5, 0.6) is 5.88 Å². The number of nitrogens with zero attached hydrogens (tertiary/aromatic N) is 3. The van der Waals surface area contributed by atoms with Crippen molar-refractivity contribution in [3.63, 3.8) is 0 Å². The number of methoxy groups -OCH3 is 1. The molecule has 1 aliphatic rings. The van der Waals surface area contributed by atoms with Crippen molar-refractivity contribution in [3.05, 3.63) is 35.4 Å². The molecule has 0 amide bonds. The molecule has 2 heterocycles. The van der Waals surface area contributed by atoms with Crippen molar-refractivity contribution in [2.75, 3.05) is 20.2 Å². The van der Waals surface area contributed by atoms with Crippen LogP contribution in [0.3, 0.4) is 0 Å². The van der Waals surface area contributed by atoms with Crippen LogP contribution in [-0.2, 0) is 26.4 Å². The van der Waals surface area contributed by atoms with Crippen molar-refractivity contribution in [2.24, 2.45) is 18.0 Å². The fourth-order valence-electron chi connectivity index (χ4n) is 4.03. The highest BCUT2D eigenvalue weighted by Gasteiger charge is 2.17. The maximum absolute atomic E-state index is 5.55. The minimum Gasteiger partial charge on any atom is -0.481 e. The largest absolute Gasteiger partial charge is 0.481 e. The number of hydrogen-bond acceptors (Lipinski definition) is 4. The number of rotatable bonds is 9. The fraction of sp³-hybridized carbons (Fsp3) is 0.636. The number of aryl methyl sites for hydroxylation is 2. The first-order valence-corrected chi connectivity index (χ1v) is 10.8. The maximum atomic E-state index is 5.55. The number of aromatic nitrogens is 2. The topological polar surface area (TPSA) is 76.6 Å². The second kappa shape index (κ2) is 10.9. The summed E-state index contributed by atoms with van der Waals surface area (Å²) >= 11 is 0. The van der Waals surface area contributed by atoms with Gasteiger partial charge >= 0.3 is 0 Å². The minimum atomic E-state index is 0.543. The van der Waals surface area contributed by atoms with Crippen LogP contribution in [0.4, 0.5) is 0 Å². The highest BCUT2D eigenvalue weighted by atomic mass is 16.5. The Balaban J connectivity index is 1.65. The standard InChI is InChI=1S/C22H35N5O2/c1-4-20-19(21(28-3)27(2)26-20)16-25-22(23-13-12-18-11-8-14-29-18)24-15-17-9-6-5-7-10-17/h8,11,14,17H,4-7,9-10,12-13,15-16H2,1-3H3,(H2,23,24,25). The van der Waals surface area contributed by atoms with Crippen molar-refractivity contribution in [2.45, 2.75) is 58.4 Å². The molecule has 0 bridgehead atoms. The molecule has 0 saturated heterocycles. The summed E-state index contributed by atoms with van der Waals surface area (Å²) in [6.45, 7) is 4.39. The molecule has 2 aromatic heterocycles. The first-order chi connectivity index (χ1) is 14.2. The highest BCUT2D eigenvalue weighted by molar-refractivity contribution is 5.79. The molecule has 29 heavy (non-hydrogen) atoms. The number of hydrogen-bond donors (Lipinski definition) is 2. The van der Waals surface area contributed by atoms with E-state index < -0.39 is 0 Å². The second-order valence-electron chi connectivity index (χ2n) is 7.72. The lowest BCUT2D eigenvalue weighted by Crippen LogP contribution is -2.41.